The predicted octanol–water partition coefficient (Wildman–Crippen LogP) is -1.28. The highest BCUT2D eigenvalue weighted by atomic mass is 32.2. The van der Waals surface area contributed by atoms with Gasteiger partial charge in [0.2, 0.25) is 16.0 Å². The van der Waals surface area contributed by atoms with E-state index in [9.17, 15) is 8.42 Å². The molecule has 11 heteroatoms. The van der Waals surface area contributed by atoms with Gasteiger partial charge in [-0.05, 0) is 0 Å². The number of piperazine rings is 1. The summed E-state index contributed by atoms with van der Waals surface area (Å²) in [5, 5.41) is 7.51. The molecule has 0 aliphatic carbocycles. The molecule has 1 saturated heterocycles. The maximum atomic E-state index is 11.5. The monoisotopic (exact) mass is 312 g/mol. The average Bonchev–Trinajstić information content (AvgIpc) is 2.93. The van der Waals surface area contributed by atoms with E-state index < -0.39 is 10.0 Å². The van der Waals surface area contributed by atoms with Crippen LogP contribution in [0.15, 0.2) is 6.20 Å². The third-order valence-electron chi connectivity index (χ3n) is 3.43. The molecule has 3 rings (SSSR count). The lowest BCUT2D eigenvalue weighted by Crippen LogP contribution is -2.48. The number of nitrogens with one attached hydrogen (secondary N) is 2. The number of hydrogen-bond acceptors (Lipinski definition) is 8. The molecule has 0 atom stereocenters. The summed E-state index contributed by atoms with van der Waals surface area (Å²) in [6, 6.07) is 0. The van der Waals surface area contributed by atoms with E-state index in [4.69, 9.17) is 5.84 Å². The molecule has 1 aliphatic heterocycles. The van der Waals surface area contributed by atoms with Gasteiger partial charge in [0, 0.05) is 26.2 Å². The van der Waals surface area contributed by atoms with Crippen LogP contribution in [0, 0.1) is 0 Å². The van der Waals surface area contributed by atoms with Gasteiger partial charge < -0.3 is 4.90 Å². The van der Waals surface area contributed by atoms with Crippen LogP contribution in [0.4, 0.5) is 11.8 Å². The molecule has 4 N–H and O–H groups in total. The molecule has 0 spiro atoms. The van der Waals surface area contributed by atoms with Crippen molar-refractivity contribution in [2.75, 3.05) is 42.8 Å². The van der Waals surface area contributed by atoms with Gasteiger partial charge in [-0.2, -0.15) is 19.4 Å². The number of aromatic nitrogens is 4. The number of nitrogens with two attached hydrogens (primary N) is 1. The zero-order valence-corrected chi connectivity index (χ0v) is 12.3. The number of H-pyrrole nitrogens is 1. The Morgan fingerprint density at radius 1 is 1.29 bits per heavy atom. The maximum absolute atomic E-state index is 11.5. The molecule has 10 nitrogen and oxygen atoms in total. The van der Waals surface area contributed by atoms with Gasteiger partial charge in [-0.25, -0.2) is 14.3 Å². The summed E-state index contributed by atoms with van der Waals surface area (Å²) in [5.74, 6) is 6.35. The lowest BCUT2D eigenvalue weighted by Gasteiger charge is -2.34. The molecule has 0 saturated carbocycles. The van der Waals surface area contributed by atoms with Gasteiger partial charge in [-0.15, -0.1) is 0 Å². The molecule has 1 fully saturated rings. The second kappa shape index (κ2) is 5.09. The van der Waals surface area contributed by atoms with Crippen molar-refractivity contribution in [1.29, 1.82) is 0 Å². The molecule has 1 aliphatic rings. The summed E-state index contributed by atoms with van der Waals surface area (Å²) in [6.45, 7) is 1.95. The van der Waals surface area contributed by atoms with E-state index in [1.165, 1.54) is 10.6 Å². The first-order valence-corrected chi connectivity index (χ1v) is 8.21. The molecule has 0 radical (unpaired) electrons. The van der Waals surface area contributed by atoms with E-state index in [0.717, 1.165) is 5.39 Å². The van der Waals surface area contributed by atoms with Crippen LogP contribution in [-0.2, 0) is 10.0 Å². The van der Waals surface area contributed by atoms with Gasteiger partial charge in [0.05, 0.1) is 17.8 Å². The largest absolute Gasteiger partial charge is 0.353 e. The Labute approximate surface area is 121 Å². The Morgan fingerprint density at radius 2 is 2.00 bits per heavy atom. The number of anilines is 2. The highest BCUT2D eigenvalue weighted by molar-refractivity contribution is 7.88. The Balaban J connectivity index is 1.90. The second-order valence-corrected chi connectivity index (χ2v) is 6.78. The first kappa shape index (κ1) is 14.0. The van der Waals surface area contributed by atoms with Crippen LogP contribution >= 0.6 is 0 Å². The van der Waals surface area contributed by atoms with Crippen LogP contribution in [-0.4, -0.2) is 65.3 Å². The van der Waals surface area contributed by atoms with E-state index >= 15 is 0 Å². The van der Waals surface area contributed by atoms with Crippen LogP contribution in [0.2, 0.25) is 0 Å². The SMILES string of the molecule is CS(=O)(=O)N1CCN(c2nc(NN)nc3[nH]ncc23)CC1. The molecule has 0 unspecified atom stereocenters. The van der Waals surface area contributed by atoms with Crippen molar-refractivity contribution in [3.63, 3.8) is 0 Å². The minimum absolute atomic E-state index is 0.285. The molecule has 2 aromatic heterocycles. The number of aromatic amines is 1. The number of rotatable bonds is 3. The number of sulfonamides is 1. The van der Waals surface area contributed by atoms with Gasteiger partial charge in [0.25, 0.3) is 0 Å². The van der Waals surface area contributed by atoms with E-state index in [1.807, 2.05) is 4.90 Å². The Morgan fingerprint density at radius 3 is 2.62 bits per heavy atom. The average molecular weight is 312 g/mol. The number of hydrogen-bond donors (Lipinski definition) is 3. The summed E-state index contributed by atoms with van der Waals surface area (Å²) in [6.07, 6.45) is 2.87. The Hall–Kier alpha value is -1.98. The normalized spacial score (nSPS) is 17.3. The zero-order chi connectivity index (χ0) is 15.0. The van der Waals surface area contributed by atoms with Crippen LogP contribution < -0.4 is 16.2 Å². The van der Waals surface area contributed by atoms with E-state index in [0.29, 0.717) is 37.6 Å². The Bertz CT molecular complexity index is 750. The zero-order valence-electron chi connectivity index (χ0n) is 11.4. The Kier molecular flexibility index (Phi) is 3.39. The molecular weight excluding hydrogens is 296 g/mol. The van der Waals surface area contributed by atoms with Crippen LogP contribution in [0.5, 0.6) is 0 Å². The smallest absolute Gasteiger partial charge is 0.241 e. The molecule has 0 bridgehead atoms. The van der Waals surface area contributed by atoms with Crippen molar-refractivity contribution in [2.24, 2.45) is 5.84 Å². The van der Waals surface area contributed by atoms with E-state index in [2.05, 4.69) is 25.6 Å². The first-order valence-electron chi connectivity index (χ1n) is 6.37. The topological polar surface area (TPSA) is 133 Å². The lowest BCUT2D eigenvalue weighted by molar-refractivity contribution is 0.387. The summed E-state index contributed by atoms with van der Waals surface area (Å²) in [7, 11) is -3.15. The number of nitrogens with zero attached hydrogens (tertiary/aromatic N) is 5. The van der Waals surface area contributed by atoms with Crippen molar-refractivity contribution in [1.82, 2.24) is 24.5 Å². The molecule has 0 aromatic carbocycles. The molecule has 0 amide bonds. The van der Waals surface area contributed by atoms with Crippen molar-refractivity contribution in [2.45, 2.75) is 0 Å². The first-order chi connectivity index (χ1) is 9.99. The summed E-state index contributed by atoms with van der Waals surface area (Å²) < 4.78 is 24.5. The second-order valence-electron chi connectivity index (χ2n) is 4.80. The van der Waals surface area contributed by atoms with Crippen LogP contribution in [0.25, 0.3) is 11.0 Å². The summed E-state index contributed by atoms with van der Waals surface area (Å²) >= 11 is 0. The quantitative estimate of drug-likeness (QED) is 0.471. The van der Waals surface area contributed by atoms with E-state index in [1.54, 1.807) is 6.20 Å². The highest BCUT2D eigenvalue weighted by Gasteiger charge is 2.25. The number of nitrogen functional groups attached to an aromatic ring is 1. The maximum Gasteiger partial charge on any atom is 0.241 e. The predicted molar refractivity (Wildman–Crippen MR) is 78.1 cm³/mol. The lowest BCUT2D eigenvalue weighted by atomic mass is 10.3. The molecule has 114 valence electrons. The third kappa shape index (κ3) is 2.62. The van der Waals surface area contributed by atoms with E-state index in [-0.39, 0.29) is 5.95 Å². The van der Waals surface area contributed by atoms with Gasteiger partial charge in [0.15, 0.2) is 5.65 Å². The van der Waals surface area contributed by atoms with Crippen molar-refractivity contribution < 1.29 is 8.42 Å². The fourth-order valence-corrected chi connectivity index (χ4v) is 3.18. The van der Waals surface area contributed by atoms with Crippen LogP contribution in [0.1, 0.15) is 0 Å². The molecule has 2 aromatic rings. The van der Waals surface area contributed by atoms with Crippen molar-refractivity contribution >= 4 is 32.8 Å². The standard InChI is InChI=1S/C10H16N8O2S/c1-21(19,20)18-4-2-17(3-5-18)9-7-6-12-16-8(7)13-10(14-9)15-11/h6H,2-5,11H2,1H3,(H2,12,13,14,15,16). The minimum Gasteiger partial charge on any atom is -0.353 e. The molecule has 21 heavy (non-hydrogen) atoms. The van der Waals surface area contributed by atoms with Gasteiger partial charge in [-0.1, -0.05) is 0 Å². The summed E-state index contributed by atoms with van der Waals surface area (Å²) in [5.41, 5.74) is 3.00. The fourth-order valence-electron chi connectivity index (χ4n) is 2.36. The van der Waals surface area contributed by atoms with Crippen molar-refractivity contribution in [3.8, 4) is 0 Å². The fraction of sp³-hybridized carbons (Fsp3) is 0.500. The number of hydrazine groups is 1. The van der Waals surface area contributed by atoms with Gasteiger partial charge >= 0.3 is 0 Å². The van der Waals surface area contributed by atoms with Crippen molar-refractivity contribution in [3.05, 3.63) is 6.20 Å². The number of fused-ring (bicyclic) bond motifs is 1. The van der Waals surface area contributed by atoms with Gasteiger partial charge in [0.1, 0.15) is 5.82 Å². The van der Waals surface area contributed by atoms with Crippen LogP contribution in [0.3, 0.4) is 0 Å². The third-order valence-corrected chi connectivity index (χ3v) is 4.73. The summed E-state index contributed by atoms with van der Waals surface area (Å²) in [4.78, 5) is 10.5. The minimum atomic E-state index is -3.15. The molecule has 3 heterocycles. The molecular formula is C10H16N8O2S. The highest BCUT2D eigenvalue weighted by Crippen LogP contribution is 2.24. The van der Waals surface area contributed by atoms with Gasteiger partial charge in [-0.3, -0.25) is 10.5 Å².